The minimum atomic E-state index is -0.934. The van der Waals surface area contributed by atoms with E-state index in [-0.39, 0.29) is 0 Å². The largest absolute Gasteiger partial charge is 0.294 e. The number of nitrogens with one attached hydrogen (secondary N) is 1. The standard InChI is InChI=1S/C14H19N3O2/c1-3-4-5-6-7-14(2)10(8-15)12(18)17-13(19)11(14)9-16/h10-11H,3-7H2,1-2H3,(H,17,18,19). The number of carbonyl (C=O) groups excluding carboxylic acids is 2. The molecule has 0 saturated carbocycles. The first-order valence-electron chi connectivity index (χ1n) is 6.65. The minimum absolute atomic E-state index is 0.544. The lowest BCUT2D eigenvalue weighted by Crippen LogP contribution is -2.56. The molecule has 2 atom stereocenters. The van der Waals surface area contributed by atoms with Gasteiger partial charge in [0.15, 0.2) is 0 Å². The highest BCUT2D eigenvalue weighted by Crippen LogP contribution is 2.43. The van der Waals surface area contributed by atoms with Crippen molar-refractivity contribution in [2.45, 2.75) is 46.0 Å². The molecule has 2 amide bonds. The smallest absolute Gasteiger partial charge is 0.244 e. The van der Waals surface area contributed by atoms with E-state index in [4.69, 9.17) is 10.5 Å². The van der Waals surface area contributed by atoms with Crippen molar-refractivity contribution in [1.82, 2.24) is 5.32 Å². The third-order valence-corrected chi connectivity index (χ3v) is 3.92. The molecule has 0 spiro atoms. The Balaban J connectivity index is 2.93. The van der Waals surface area contributed by atoms with E-state index < -0.39 is 29.1 Å². The lowest BCUT2D eigenvalue weighted by Gasteiger charge is -2.39. The van der Waals surface area contributed by atoms with Crippen molar-refractivity contribution in [2.24, 2.45) is 17.3 Å². The second-order valence-corrected chi connectivity index (χ2v) is 5.29. The van der Waals surface area contributed by atoms with Crippen molar-refractivity contribution in [3.8, 4) is 12.1 Å². The SMILES string of the molecule is CCCCCCC1(C)C(C#N)C(=O)NC(=O)C1C#N. The minimum Gasteiger partial charge on any atom is -0.294 e. The molecule has 2 unspecified atom stereocenters. The van der Waals surface area contributed by atoms with Gasteiger partial charge < -0.3 is 0 Å². The summed E-state index contributed by atoms with van der Waals surface area (Å²) in [6, 6.07) is 3.91. The number of amides is 2. The Hall–Kier alpha value is -1.88. The normalized spacial score (nSPS) is 30.3. The van der Waals surface area contributed by atoms with Crippen molar-refractivity contribution in [2.75, 3.05) is 0 Å². The number of rotatable bonds is 5. The van der Waals surface area contributed by atoms with Gasteiger partial charge in [0.25, 0.3) is 0 Å². The van der Waals surface area contributed by atoms with E-state index in [9.17, 15) is 9.59 Å². The summed E-state index contributed by atoms with van der Waals surface area (Å²) in [7, 11) is 0. The molecule has 5 heteroatoms. The van der Waals surface area contributed by atoms with Gasteiger partial charge in [-0.2, -0.15) is 10.5 Å². The molecule has 1 heterocycles. The van der Waals surface area contributed by atoms with Crippen molar-refractivity contribution >= 4 is 11.8 Å². The summed E-state index contributed by atoms with van der Waals surface area (Å²) in [4.78, 5) is 23.5. The van der Waals surface area contributed by atoms with Crippen molar-refractivity contribution in [1.29, 1.82) is 10.5 Å². The van der Waals surface area contributed by atoms with Gasteiger partial charge in [0, 0.05) is 5.41 Å². The van der Waals surface area contributed by atoms with Crippen molar-refractivity contribution in [3.05, 3.63) is 0 Å². The van der Waals surface area contributed by atoms with Crippen LogP contribution in [0.5, 0.6) is 0 Å². The highest BCUT2D eigenvalue weighted by atomic mass is 16.2. The van der Waals surface area contributed by atoms with Crippen LogP contribution in [0.15, 0.2) is 0 Å². The number of hydrogen-bond donors (Lipinski definition) is 1. The summed E-state index contributed by atoms with van der Waals surface area (Å²) in [5.41, 5.74) is -0.878. The zero-order valence-corrected chi connectivity index (χ0v) is 11.4. The van der Waals surface area contributed by atoms with Gasteiger partial charge in [-0.15, -0.1) is 0 Å². The zero-order valence-electron chi connectivity index (χ0n) is 11.4. The van der Waals surface area contributed by atoms with Crippen molar-refractivity contribution < 1.29 is 9.59 Å². The number of carbonyl (C=O) groups is 2. The highest BCUT2D eigenvalue weighted by Gasteiger charge is 2.52. The van der Waals surface area contributed by atoms with Crippen LogP contribution in [0.1, 0.15) is 46.0 Å². The third-order valence-electron chi connectivity index (χ3n) is 3.92. The van der Waals surface area contributed by atoms with Crippen LogP contribution >= 0.6 is 0 Å². The number of unbranched alkanes of at least 4 members (excludes halogenated alkanes) is 3. The molecular formula is C14H19N3O2. The molecule has 0 aromatic rings. The molecule has 1 N–H and O–H groups in total. The Labute approximate surface area is 113 Å². The fourth-order valence-corrected chi connectivity index (χ4v) is 2.66. The molecule has 1 fully saturated rings. The fourth-order valence-electron chi connectivity index (χ4n) is 2.66. The molecular weight excluding hydrogens is 242 g/mol. The predicted molar refractivity (Wildman–Crippen MR) is 68.2 cm³/mol. The summed E-state index contributed by atoms with van der Waals surface area (Å²) in [6.07, 6.45) is 4.51. The van der Waals surface area contributed by atoms with E-state index in [0.29, 0.717) is 6.42 Å². The Morgan fingerprint density at radius 1 is 1.11 bits per heavy atom. The van der Waals surface area contributed by atoms with Crippen LogP contribution in [0.2, 0.25) is 0 Å². The first-order valence-corrected chi connectivity index (χ1v) is 6.65. The van der Waals surface area contributed by atoms with E-state index in [2.05, 4.69) is 12.2 Å². The second-order valence-electron chi connectivity index (χ2n) is 5.29. The summed E-state index contributed by atoms with van der Waals surface area (Å²) < 4.78 is 0. The summed E-state index contributed by atoms with van der Waals surface area (Å²) in [6.45, 7) is 3.80. The monoisotopic (exact) mass is 261 g/mol. The third kappa shape index (κ3) is 2.93. The maximum absolute atomic E-state index is 11.7. The summed E-state index contributed by atoms with van der Waals surface area (Å²) >= 11 is 0. The van der Waals surface area contributed by atoms with Crippen LogP contribution < -0.4 is 5.32 Å². The molecule has 1 saturated heterocycles. The van der Waals surface area contributed by atoms with Gasteiger partial charge in [0.2, 0.25) is 11.8 Å². The van der Waals surface area contributed by atoms with Gasteiger partial charge in [0.05, 0.1) is 12.1 Å². The average Bonchev–Trinajstić information content (AvgIpc) is 2.35. The van der Waals surface area contributed by atoms with Crippen LogP contribution in [-0.2, 0) is 9.59 Å². The number of piperidine rings is 1. The number of nitrogens with zero attached hydrogens (tertiary/aromatic N) is 2. The average molecular weight is 261 g/mol. The second kappa shape index (κ2) is 6.33. The zero-order chi connectivity index (χ0) is 14.5. The van der Waals surface area contributed by atoms with E-state index in [0.717, 1.165) is 25.7 Å². The summed E-state index contributed by atoms with van der Waals surface area (Å²) in [5.74, 6) is -3.01. The molecule has 0 aliphatic carbocycles. The van der Waals surface area contributed by atoms with Gasteiger partial charge in [-0.05, 0) is 6.42 Å². The molecule has 1 rings (SSSR count). The molecule has 19 heavy (non-hydrogen) atoms. The Morgan fingerprint density at radius 3 is 2.05 bits per heavy atom. The fraction of sp³-hybridized carbons (Fsp3) is 0.714. The lowest BCUT2D eigenvalue weighted by molar-refractivity contribution is -0.144. The molecule has 1 aliphatic heterocycles. The maximum atomic E-state index is 11.7. The number of imide groups is 1. The summed E-state index contributed by atoms with van der Waals surface area (Å²) in [5, 5.41) is 20.5. The van der Waals surface area contributed by atoms with E-state index in [1.165, 1.54) is 0 Å². The van der Waals surface area contributed by atoms with Gasteiger partial charge in [0.1, 0.15) is 11.8 Å². The molecule has 5 nitrogen and oxygen atoms in total. The molecule has 0 bridgehead atoms. The Kier molecular flexibility index (Phi) is 5.06. The topological polar surface area (TPSA) is 93.8 Å². The number of nitriles is 2. The van der Waals surface area contributed by atoms with Gasteiger partial charge in [-0.3, -0.25) is 14.9 Å². The van der Waals surface area contributed by atoms with E-state index in [1.54, 1.807) is 6.92 Å². The molecule has 1 aliphatic rings. The predicted octanol–water partition coefficient (Wildman–Crippen LogP) is 1.90. The van der Waals surface area contributed by atoms with Crippen LogP contribution in [0.3, 0.4) is 0 Å². The molecule has 0 aromatic heterocycles. The Bertz CT molecular complexity index is 413. The number of hydrogen-bond acceptors (Lipinski definition) is 4. The molecule has 0 radical (unpaired) electrons. The quantitative estimate of drug-likeness (QED) is 0.604. The molecule has 102 valence electrons. The Morgan fingerprint density at radius 2 is 1.63 bits per heavy atom. The van der Waals surface area contributed by atoms with Gasteiger partial charge in [-0.25, -0.2) is 0 Å². The van der Waals surface area contributed by atoms with E-state index in [1.807, 2.05) is 12.1 Å². The maximum Gasteiger partial charge on any atom is 0.244 e. The van der Waals surface area contributed by atoms with Crippen LogP contribution in [-0.4, -0.2) is 11.8 Å². The van der Waals surface area contributed by atoms with Crippen molar-refractivity contribution in [3.63, 3.8) is 0 Å². The lowest BCUT2D eigenvalue weighted by atomic mass is 9.63. The van der Waals surface area contributed by atoms with Crippen LogP contribution in [0.25, 0.3) is 0 Å². The van der Waals surface area contributed by atoms with Crippen LogP contribution in [0.4, 0.5) is 0 Å². The van der Waals surface area contributed by atoms with E-state index >= 15 is 0 Å². The van der Waals surface area contributed by atoms with Gasteiger partial charge >= 0.3 is 0 Å². The van der Waals surface area contributed by atoms with Gasteiger partial charge in [-0.1, -0.05) is 39.5 Å². The first-order chi connectivity index (χ1) is 9.01. The first kappa shape index (κ1) is 15.2. The highest BCUT2D eigenvalue weighted by molar-refractivity contribution is 6.03. The van der Waals surface area contributed by atoms with Crippen LogP contribution in [0, 0.1) is 39.9 Å². The molecule has 0 aromatic carbocycles.